The number of hydrogen-bond acceptors (Lipinski definition) is 6. The van der Waals surface area contributed by atoms with Crippen LogP contribution in [0.2, 0.25) is 0 Å². The molecule has 0 saturated carbocycles. The van der Waals surface area contributed by atoms with Crippen molar-refractivity contribution in [3.05, 3.63) is 47.4 Å². The van der Waals surface area contributed by atoms with E-state index in [4.69, 9.17) is 10.00 Å². The van der Waals surface area contributed by atoms with Crippen LogP contribution in [0.15, 0.2) is 30.3 Å². The zero-order valence-electron chi connectivity index (χ0n) is 16.3. The fraction of sp³-hybridized carbons (Fsp3) is 0.368. The van der Waals surface area contributed by atoms with Gasteiger partial charge in [-0.05, 0) is 17.5 Å². The first-order valence-corrected chi connectivity index (χ1v) is 8.52. The number of amides is 1. The first-order valence-electron chi connectivity index (χ1n) is 8.52. The number of nitrogens with zero attached hydrogens (tertiary/aromatic N) is 4. The number of alkyl halides is 3. The van der Waals surface area contributed by atoms with Crippen molar-refractivity contribution in [3.8, 4) is 11.8 Å². The number of methoxy groups -OCH3 is 1. The SMILES string of the molecule is COc1ccccc1C(=O)NN(CC(C)(C)C)c1cc(C(F)(F)F)nc(C#N)n1. The van der Waals surface area contributed by atoms with Gasteiger partial charge in [0.25, 0.3) is 5.91 Å². The van der Waals surface area contributed by atoms with E-state index in [0.717, 1.165) is 0 Å². The molecule has 1 heterocycles. The largest absolute Gasteiger partial charge is 0.496 e. The van der Waals surface area contributed by atoms with E-state index in [0.29, 0.717) is 11.8 Å². The Balaban J connectivity index is 2.49. The van der Waals surface area contributed by atoms with E-state index in [2.05, 4.69) is 15.4 Å². The Morgan fingerprint density at radius 2 is 1.90 bits per heavy atom. The van der Waals surface area contributed by atoms with Crippen LogP contribution in [0, 0.1) is 16.7 Å². The van der Waals surface area contributed by atoms with Crippen LogP contribution < -0.4 is 15.2 Å². The number of carbonyl (C=O) groups is 1. The van der Waals surface area contributed by atoms with Crippen LogP contribution in [0.4, 0.5) is 19.0 Å². The molecule has 0 spiro atoms. The molecule has 0 bridgehead atoms. The Morgan fingerprint density at radius 1 is 1.24 bits per heavy atom. The number of ether oxygens (including phenoxy) is 1. The standard InChI is InChI=1S/C19H20F3N5O2/c1-18(2,3)11-27(26-17(28)12-7-5-6-8-13(12)29-4)16-9-14(19(20,21)22)24-15(10-23)25-16/h5-9H,11H2,1-4H3,(H,26,28). The maximum absolute atomic E-state index is 13.2. The minimum Gasteiger partial charge on any atom is -0.496 e. The summed E-state index contributed by atoms with van der Waals surface area (Å²) in [7, 11) is 1.40. The lowest BCUT2D eigenvalue weighted by atomic mass is 9.96. The smallest absolute Gasteiger partial charge is 0.433 e. The molecule has 1 aromatic heterocycles. The van der Waals surface area contributed by atoms with Crippen LogP contribution in [-0.4, -0.2) is 29.5 Å². The van der Waals surface area contributed by atoms with Gasteiger partial charge in [-0.3, -0.25) is 15.2 Å². The van der Waals surface area contributed by atoms with Crippen molar-refractivity contribution >= 4 is 11.7 Å². The summed E-state index contributed by atoms with van der Waals surface area (Å²) in [5, 5.41) is 10.2. The van der Waals surface area contributed by atoms with E-state index in [1.54, 1.807) is 18.2 Å². The first-order chi connectivity index (χ1) is 13.4. The first kappa shape index (κ1) is 21.9. The van der Waals surface area contributed by atoms with Gasteiger partial charge in [-0.25, -0.2) is 4.98 Å². The van der Waals surface area contributed by atoms with Crippen molar-refractivity contribution in [1.82, 2.24) is 15.4 Å². The van der Waals surface area contributed by atoms with Gasteiger partial charge >= 0.3 is 6.18 Å². The van der Waals surface area contributed by atoms with Gasteiger partial charge < -0.3 is 4.74 Å². The van der Waals surface area contributed by atoms with Gasteiger partial charge in [0, 0.05) is 12.6 Å². The lowest BCUT2D eigenvalue weighted by molar-refractivity contribution is -0.141. The van der Waals surface area contributed by atoms with E-state index in [1.165, 1.54) is 24.3 Å². The number of para-hydroxylation sites is 1. The second-order valence-electron chi connectivity index (χ2n) is 7.33. The quantitative estimate of drug-likeness (QED) is 0.762. The fourth-order valence-corrected chi connectivity index (χ4v) is 2.44. The number of carbonyl (C=O) groups excluding carboxylic acids is 1. The van der Waals surface area contributed by atoms with Crippen molar-refractivity contribution < 1.29 is 22.7 Å². The van der Waals surface area contributed by atoms with Crippen LogP contribution in [0.5, 0.6) is 5.75 Å². The summed E-state index contributed by atoms with van der Waals surface area (Å²) in [6, 6.07) is 8.63. The lowest BCUT2D eigenvalue weighted by Gasteiger charge is -2.31. The van der Waals surface area contributed by atoms with Gasteiger partial charge in [0.1, 0.15) is 11.8 Å². The van der Waals surface area contributed by atoms with E-state index < -0.39 is 29.0 Å². The third kappa shape index (κ3) is 5.81. The number of aromatic nitrogens is 2. The Morgan fingerprint density at radius 3 is 2.45 bits per heavy atom. The molecule has 0 saturated heterocycles. The number of nitriles is 1. The van der Waals surface area contributed by atoms with Crippen molar-refractivity contribution in [1.29, 1.82) is 5.26 Å². The molecular weight excluding hydrogens is 387 g/mol. The highest BCUT2D eigenvalue weighted by atomic mass is 19.4. The predicted octanol–water partition coefficient (Wildman–Crippen LogP) is 3.57. The van der Waals surface area contributed by atoms with Crippen LogP contribution in [0.3, 0.4) is 0 Å². The Bertz CT molecular complexity index is 933. The van der Waals surface area contributed by atoms with Crippen LogP contribution >= 0.6 is 0 Å². The maximum atomic E-state index is 13.2. The van der Waals surface area contributed by atoms with Crippen molar-refractivity contribution in [2.45, 2.75) is 26.9 Å². The van der Waals surface area contributed by atoms with Gasteiger partial charge in [0.15, 0.2) is 11.5 Å². The molecule has 0 aliphatic heterocycles. The number of hydrazine groups is 1. The zero-order valence-corrected chi connectivity index (χ0v) is 16.3. The third-order valence-corrected chi connectivity index (χ3v) is 3.60. The van der Waals surface area contributed by atoms with E-state index in [-0.39, 0.29) is 17.9 Å². The summed E-state index contributed by atoms with van der Waals surface area (Å²) in [6.45, 7) is 5.64. The zero-order chi connectivity index (χ0) is 21.8. The van der Waals surface area contributed by atoms with E-state index in [9.17, 15) is 18.0 Å². The van der Waals surface area contributed by atoms with Gasteiger partial charge in [0.05, 0.1) is 12.7 Å². The number of rotatable bonds is 5. The number of benzene rings is 1. The molecule has 2 rings (SSSR count). The normalized spacial score (nSPS) is 11.5. The summed E-state index contributed by atoms with van der Waals surface area (Å²) in [4.78, 5) is 19.8. The second-order valence-corrected chi connectivity index (χ2v) is 7.33. The molecule has 1 aromatic carbocycles. The number of anilines is 1. The molecule has 0 aliphatic rings. The van der Waals surface area contributed by atoms with Crippen molar-refractivity contribution in [2.75, 3.05) is 18.7 Å². The van der Waals surface area contributed by atoms with Crippen molar-refractivity contribution in [3.63, 3.8) is 0 Å². The molecule has 0 unspecified atom stereocenters. The van der Waals surface area contributed by atoms with Crippen molar-refractivity contribution in [2.24, 2.45) is 5.41 Å². The molecule has 154 valence electrons. The van der Waals surface area contributed by atoms with E-state index >= 15 is 0 Å². The Kier molecular flexibility index (Phi) is 6.31. The molecule has 7 nitrogen and oxygen atoms in total. The Hall–Kier alpha value is -3.35. The molecule has 0 aliphatic carbocycles. The third-order valence-electron chi connectivity index (χ3n) is 3.60. The highest BCUT2D eigenvalue weighted by Gasteiger charge is 2.35. The van der Waals surface area contributed by atoms with Gasteiger partial charge in [-0.15, -0.1) is 0 Å². The molecule has 0 radical (unpaired) electrons. The lowest BCUT2D eigenvalue weighted by Crippen LogP contribution is -2.47. The summed E-state index contributed by atoms with van der Waals surface area (Å²) < 4.78 is 44.7. The number of hydrogen-bond donors (Lipinski definition) is 1. The minimum absolute atomic E-state index is 0.118. The average Bonchev–Trinajstić information content (AvgIpc) is 2.65. The summed E-state index contributed by atoms with van der Waals surface area (Å²) in [5.41, 5.74) is 1.05. The molecule has 10 heteroatoms. The predicted molar refractivity (Wildman–Crippen MR) is 99.0 cm³/mol. The van der Waals surface area contributed by atoms with E-state index in [1.807, 2.05) is 20.8 Å². The highest BCUT2D eigenvalue weighted by molar-refractivity contribution is 5.97. The summed E-state index contributed by atoms with van der Waals surface area (Å²) in [6.07, 6.45) is -4.77. The topological polar surface area (TPSA) is 91.1 Å². The molecule has 0 fully saturated rings. The molecule has 29 heavy (non-hydrogen) atoms. The van der Waals surface area contributed by atoms with Crippen LogP contribution in [-0.2, 0) is 6.18 Å². The summed E-state index contributed by atoms with van der Waals surface area (Å²) in [5.74, 6) is -1.20. The minimum atomic E-state index is -4.77. The van der Waals surface area contributed by atoms with Gasteiger partial charge in [-0.2, -0.15) is 23.4 Å². The molecule has 1 amide bonds. The molecule has 0 atom stereocenters. The monoisotopic (exact) mass is 407 g/mol. The molecule has 2 aromatic rings. The molecule has 1 N–H and O–H groups in total. The maximum Gasteiger partial charge on any atom is 0.433 e. The highest BCUT2D eigenvalue weighted by Crippen LogP contribution is 2.30. The molecular formula is C19H20F3N5O2. The fourth-order valence-electron chi connectivity index (χ4n) is 2.44. The Labute approximate surface area is 166 Å². The van der Waals surface area contributed by atoms with Gasteiger partial charge in [-0.1, -0.05) is 32.9 Å². The number of nitrogens with one attached hydrogen (secondary N) is 1. The van der Waals surface area contributed by atoms with Gasteiger partial charge in [0.2, 0.25) is 5.82 Å². The second kappa shape index (κ2) is 8.34. The van der Waals surface area contributed by atoms with Crippen LogP contribution in [0.25, 0.3) is 0 Å². The van der Waals surface area contributed by atoms with Crippen LogP contribution in [0.1, 0.15) is 42.6 Å². The average molecular weight is 407 g/mol. The number of halogens is 3. The summed E-state index contributed by atoms with van der Waals surface area (Å²) >= 11 is 0.